The van der Waals surface area contributed by atoms with Crippen molar-refractivity contribution in [2.75, 3.05) is 12.8 Å². The summed E-state index contributed by atoms with van der Waals surface area (Å²) in [4.78, 5) is 13.6. The Morgan fingerprint density at radius 1 is 1.16 bits per heavy atom. The van der Waals surface area contributed by atoms with E-state index in [1.54, 1.807) is 11.8 Å². The largest absolute Gasteiger partial charge is 0.355 e. The van der Waals surface area contributed by atoms with Gasteiger partial charge in [-0.1, -0.05) is 42.0 Å². The molecule has 0 saturated heterocycles. The maximum Gasteiger partial charge on any atom is 0.225 e. The molecule has 1 amide bonds. The Morgan fingerprint density at radius 3 is 2.64 bits per heavy atom. The average Bonchev–Trinajstić information content (AvgIpc) is 2.86. The topological polar surface area (TPSA) is 34.0 Å². The molecule has 0 aliphatic carbocycles. The van der Waals surface area contributed by atoms with Gasteiger partial charge in [-0.25, -0.2) is 0 Å². The lowest BCUT2D eigenvalue weighted by Gasteiger charge is -2.08. The summed E-state index contributed by atoms with van der Waals surface area (Å²) in [6, 6.07) is 16.7. The van der Waals surface area contributed by atoms with Crippen LogP contribution in [0.15, 0.2) is 53.4 Å². The predicted molar refractivity (Wildman–Crippen MR) is 106 cm³/mol. The van der Waals surface area contributed by atoms with Gasteiger partial charge >= 0.3 is 0 Å². The first kappa shape index (κ1) is 17.6. The Balaban J connectivity index is 1.71. The molecule has 0 atom stereocenters. The molecule has 0 radical (unpaired) electrons. The van der Waals surface area contributed by atoms with Gasteiger partial charge in [0.05, 0.1) is 6.42 Å². The van der Waals surface area contributed by atoms with Crippen LogP contribution in [0.4, 0.5) is 0 Å². The second-order valence-corrected chi connectivity index (χ2v) is 7.14. The van der Waals surface area contributed by atoms with E-state index >= 15 is 0 Å². The van der Waals surface area contributed by atoms with Crippen LogP contribution in [-0.2, 0) is 24.7 Å². The molecular formula is C21H24N2OS. The molecule has 0 bridgehead atoms. The number of hydrogen-bond acceptors (Lipinski definition) is 2. The van der Waals surface area contributed by atoms with E-state index in [1.165, 1.54) is 26.9 Å². The number of carbonyl (C=O) groups excluding carboxylic acids is 1. The molecular weight excluding hydrogens is 328 g/mol. The van der Waals surface area contributed by atoms with Gasteiger partial charge in [0.1, 0.15) is 0 Å². The molecule has 130 valence electrons. The lowest BCUT2D eigenvalue weighted by Crippen LogP contribution is -2.28. The lowest BCUT2D eigenvalue weighted by atomic mass is 10.1. The second kappa shape index (κ2) is 7.79. The maximum atomic E-state index is 12.4. The smallest absolute Gasteiger partial charge is 0.225 e. The highest BCUT2D eigenvalue weighted by atomic mass is 32.2. The molecule has 3 aromatic rings. The van der Waals surface area contributed by atoms with E-state index in [0.29, 0.717) is 13.0 Å². The van der Waals surface area contributed by atoms with Crippen LogP contribution < -0.4 is 5.32 Å². The number of nitrogens with zero attached hydrogens (tertiary/aromatic N) is 1. The molecule has 0 spiro atoms. The molecule has 4 heteroatoms. The summed E-state index contributed by atoms with van der Waals surface area (Å²) in [5, 5.41) is 4.29. The summed E-state index contributed by atoms with van der Waals surface area (Å²) in [5.74, 6) is 0.0776. The third-order valence-corrected chi connectivity index (χ3v) is 5.40. The molecule has 0 fully saturated rings. The third-order valence-electron chi connectivity index (χ3n) is 4.54. The number of carbonyl (C=O) groups is 1. The number of aryl methyl sites for hydroxylation is 2. The van der Waals surface area contributed by atoms with Crippen LogP contribution in [0.5, 0.6) is 0 Å². The zero-order valence-electron chi connectivity index (χ0n) is 15.0. The Labute approximate surface area is 153 Å². The van der Waals surface area contributed by atoms with E-state index in [0.717, 1.165) is 12.1 Å². The van der Waals surface area contributed by atoms with E-state index in [4.69, 9.17) is 0 Å². The van der Waals surface area contributed by atoms with Crippen LogP contribution in [0.1, 0.15) is 16.8 Å². The first-order valence-corrected chi connectivity index (χ1v) is 9.75. The molecule has 1 heterocycles. The Kier molecular flexibility index (Phi) is 5.49. The first-order chi connectivity index (χ1) is 12.1. The fraction of sp³-hybridized carbons (Fsp3) is 0.286. The van der Waals surface area contributed by atoms with Crippen LogP contribution in [0.2, 0.25) is 0 Å². The quantitative estimate of drug-likeness (QED) is 0.678. The van der Waals surface area contributed by atoms with E-state index in [9.17, 15) is 4.79 Å². The van der Waals surface area contributed by atoms with Crippen molar-refractivity contribution in [2.45, 2.75) is 24.7 Å². The monoisotopic (exact) mass is 352 g/mol. The molecule has 25 heavy (non-hydrogen) atoms. The zero-order chi connectivity index (χ0) is 17.8. The normalized spacial score (nSPS) is 11.0. The maximum absolute atomic E-state index is 12.4. The van der Waals surface area contributed by atoms with E-state index in [1.807, 2.05) is 25.2 Å². The summed E-state index contributed by atoms with van der Waals surface area (Å²) < 4.78 is 2.15. The van der Waals surface area contributed by atoms with E-state index in [2.05, 4.69) is 53.4 Å². The minimum Gasteiger partial charge on any atom is -0.355 e. The SMILES string of the molecule is CSc1c(CC(=O)NCCc2ccccc2)n(C)c2ccc(C)cc12. The van der Waals surface area contributed by atoms with Crippen molar-refractivity contribution >= 4 is 28.6 Å². The number of aromatic nitrogens is 1. The standard InChI is InChI=1S/C21H24N2OS/c1-15-9-10-18-17(13-15)21(25-3)19(23(18)2)14-20(24)22-12-11-16-7-5-4-6-8-16/h4-10,13H,11-12,14H2,1-3H3,(H,22,24). The minimum atomic E-state index is 0.0776. The molecule has 0 unspecified atom stereocenters. The van der Waals surface area contributed by atoms with Crippen molar-refractivity contribution in [1.29, 1.82) is 0 Å². The second-order valence-electron chi connectivity index (χ2n) is 6.32. The molecule has 2 aromatic carbocycles. The number of nitrogens with one attached hydrogen (secondary N) is 1. The third kappa shape index (κ3) is 3.90. The number of rotatable bonds is 6. The fourth-order valence-corrected chi connectivity index (χ4v) is 4.04. The molecule has 0 aliphatic heterocycles. The molecule has 1 N–H and O–H groups in total. The number of fused-ring (bicyclic) bond motifs is 1. The van der Waals surface area contributed by atoms with Gasteiger partial charge in [-0.3, -0.25) is 4.79 Å². The van der Waals surface area contributed by atoms with Crippen molar-refractivity contribution in [2.24, 2.45) is 7.05 Å². The summed E-state index contributed by atoms with van der Waals surface area (Å²) in [6.07, 6.45) is 3.35. The van der Waals surface area contributed by atoms with Gasteiger partial charge in [0, 0.05) is 35.1 Å². The van der Waals surface area contributed by atoms with Gasteiger partial charge in [0.15, 0.2) is 0 Å². The number of hydrogen-bond donors (Lipinski definition) is 1. The van der Waals surface area contributed by atoms with Gasteiger partial charge in [-0.05, 0) is 37.3 Å². The summed E-state index contributed by atoms with van der Waals surface area (Å²) in [6.45, 7) is 2.77. The van der Waals surface area contributed by atoms with Crippen molar-refractivity contribution in [3.63, 3.8) is 0 Å². The summed E-state index contributed by atoms with van der Waals surface area (Å²) in [5.41, 5.74) is 4.76. The fourth-order valence-electron chi connectivity index (χ4n) is 3.21. The van der Waals surface area contributed by atoms with Crippen LogP contribution in [0.25, 0.3) is 10.9 Å². The Bertz CT molecular complexity index is 884. The van der Waals surface area contributed by atoms with Crippen molar-refractivity contribution < 1.29 is 4.79 Å². The van der Waals surface area contributed by atoms with Crippen LogP contribution in [0.3, 0.4) is 0 Å². The highest BCUT2D eigenvalue weighted by Crippen LogP contribution is 2.33. The van der Waals surface area contributed by atoms with E-state index < -0.39 is 0 Å². The van der Waals surface area contributed by atoms with Crippen LogP contribution >= 0.6 is 11.8 Å². The van der Waals surface area contributed by atoms with Gasteiger partial charge in [-0.15, -0.1) is 11.8 Å². The number of amides is 1. The zero-order valence-corrected chi connectivity index (χ0v) is 15.8. The lowest BCUT2D eigenvalue weighted by molar-refractivity contribution is -0.120. The van der Waals surface area contributed by atoms with Gasteiger partial charge in [0.2, 0.25) is 5.91 Å². The Hall–Kier alpha value is -2.20. The first-order valence-electron chi connectivity index (χ1n) is 8.52. The highest BCUT2D eigenvalue weighted by Gasteiger charge is 2.17. The number of thioether (sulfide) groups is 1. The average molecular weight is 353 g/mol. The van der Waals surface area contributed by atoms with Crippen molar-refractivity contribution in [1.82, 2.24) is 9.88 Å². The summed E-state index contributed by atoms with van der Waals surface area (Å²) >= 11 is 1.72. The summed E-state index contributed by atoms with van der Waals surface area (Å²) in [7, 11) is 2.05. The van der Waals surface area contributed by atoms with E-state index in [-0.39, 0.29) is 5.91 Å². The molecule has 0 aliphatic rings. The Morgan fingerprint density at radius 2 is 1.92 bits per heavy atom. The predicted octanol–water partition coefficient (Wildman–Crippen LogP) is 4.11. The van der Waals surface area contributed by atoms with Gasteiger partial charge in [-0.2, -0.15) is 0 Å². The molecule has 3 nitrogen and oxygen atoms in total. The highest BCUT2D eigenvalue weighted by molar-refractivity contribution is 7.98. The minimum absolute atomic E-state index is 0.0776. The van der Waals surface area contributed by atoms with Crippen LogP contribution in [0, 0.1) is 6.92 Å². The van der Waals surface area contributed by atoms with Crippen molar-refractivity contribution in [3.05, 3.63) is 65.4 Å². The van der Waals surface area contributed by atoms with Crippen LogP contribution in [-0.4, -0.2) is 23.3 Å². The number of benzene rings is 2. The van der Waals surface area contributed by atoms with Gasteiger partial charge < -0.3 is 9.88 Å². The van der Waals surface area contributed by atoms with Crippen molar-refractivity contribution in [3.8, 4) is 0 Å². The van der Waals surface area contributed by atoms with Gasteiger partial charge in [0.25, 0.3) is 0 Å². The molecule has 0 saturated carbocycles. The molecule has 1 aromatic heterocycles. The molecule has 3 rings (SSSR count).